The topological polar surface area (TPSA) is 74.7 Å². The Balaban J connectivity index is 1.67. The number of halogens is 1. The highest BCUT2D eigenvalue weighted by atomic mass is 127. The van der Waals surface area contributed by atoms with Crippen LogP contribution in [0.4, 0.5) is 5.69 Å². The zero-order chi connectivity index (χ0) is 21.5. The molecule has 1 aliphatic heterocycles. The second-order valence-electron chi connectivity index (χ2n) is 8.26. The Morgan fingerprint density at radius 3 is 1.94 bits per heavy atom. The van der Waals surface area contributed by atoms with Crippen molar-refractivity contribution >= 4 is 46.1 Å². The number of imide groups is 1. The van der Waals surface area contributed by atoms with Crippen molar-refractivity contribution in [3.05, 3.63) is 98.6 Å². The summed E-state index contributed by atoms with van der Waals surface area (Å²) in [5, 5.41) is 10.7. The van der Waals surface area contributed by atoms with Gasteiger partial charge in [0.1, 0.15) is 5.41 Å². The number of benzene rings is 3. The molecule has 3 aliphatic carbocycles. The van der Waals surface area contributed by atoms with E-state index in [9.17, 15) is 19.5 Å². The lowest BCUT2D eigenvalue weighted by molar-refractivity contribution is -0.149. The van der Waals surface area contributed by atoms with Gasteiger partial charge in [0.05, 0.1) is 17.5 Å². The third kappa shape index (κ3) is 2.13. The summed E-state index contributed by atoms with van der Waals surface area (Å²) in [6.45, 7) is 0. The summed E-state index contributed by atoms with van der Waals surface area (Å²) in [4.78, 5) is 41.8. The van der Waals surface area contributed by atoms with E-state index in [0.717, 1.165) is 14.7 Å². The zero-order valence-electron chi connectivity index (χ0n) is 16.2. The van der Waals surface area contributed by atoms with Gasteiger partial charge in [0, 0.05) is 9.49 Å². The van der Waals surface area contributed by atoms with Crippen LogP contribution < -0.4 is 4.90 Å². The molecule has 6 heteroatoms. The van der Waals surface area contributed by atoms with Crippen molar-refractivity contribution in [3.63, 3.8) is 0 Å². The molecule has 0 radical (unpaired) electrons. The Kier molecular flexibility index (Phi) is 3.78. The molecule has 3 aromatic rings. The first-order chi connectivity index (χ1) is 15.0. The molecule has 1 saturated heterocycles. The average Bonchev–Trinajstić information content (AvgIpc) is 3.05. The van der Waals surface area contributed by atoms with E-state index in [1.54, 1.807) is 36.4 Å². The van der Waals surface area contributed by atoms with Crippen molar-refractivity contribution in [1.82, 2.24) is 0 Å². The Morgan fingerprint density at radius 2 is 1.39 bits per heavy atom. The monoisotopic (exact) mass is 521 g/mol. The molecule has 0 saturated carbocycles. The van der Waals surface area contributed by atoms with Gasteiger partial charge in [-0.25, -0.2) is 4.90 Å². The maximum Gasteiger partial charge on any atom is 0.319 e. The molecule has 2 amide bonds. The van der Waals surface area contributed by atoms with E-state index in [0.29, 0.717) is 16.8 Å². The van der Waals surface area contributed by atoms with Gasteiger partial charge in [0.25, 0.3) is 0 Å². The first-order valence-electron chi connectivity index (χ1n) is 10.0. The Hall–Kier alpha value is -3.00. The Bertz CT molecular complexity index is 1250. The summed E-state index contributed by atoms with van der Waals surface area (Å²) in [5.41, 5.74) is 1.80. The van der Waals surface area contributed by atoms with Crippen molar-refractivity contribution in [2.24, 2.45) is 11.8 Å². The molecule has 1 heterocycles. The molecule has 0 unspecified atom stereocenters. The lowest BCUT2D eigenvalue weighted by atomic mass is 9.47. The van der Waals surface area contributed by atoms with Gasteiger partial charge in [-0.05, 0) is 69.1 Å². The van der Waals surface area contributed by atoms with Crippen LogP contribution in [0.1, 0.15) is 28.2 Å². The van der Waals surface area contributed by atoms with Crippen LogP contribution in [0.25, 0.3) is 0 Å². The number of hydrogen-bond donors (Lipinski definition) is 1. The van der Waals surface area contributed by atoms with Crippen molar-refractivity contribution in [3.8, 4) is 0 Å². The molecule has 7 rings (SSSR count). The summed E-state index contributed by atoms with van der Waals surface area (Å²) in [5.74, 6) is -3.92. The molecule has 2 bridgehead atoms. The smallest absolute Gasteiger partial charge is 0.319 e. The minimum absolute atomic E-state index is 0.323. The van der Waals surface area contributed by atoms with Crippen LogP contribution in [0.5, 0.6) is 0 Å². The summed E-state index contributed by atoms with van der Waals surface area (Å²) in [7, 11) is 0. The van der Waals surface area contributed by atoms with E-state index in [-0.39, 0.29) is 11.8 Å². The minimum Gasteiger partial charge on any atom is -0.480 e. The van der Waals surface area contributed by atoms with E-state index < -0.39 is 29.1 Å². The fraction of sp³-hybridized carbons (Fsp3) is 0.160. The van der Waals surface area contributed by atoms with E-state index in [2.05, 4.69) is 22.6 Å². The number of carbonyl (C=O) groups is 3. The predicted octanol–water partition coefficient (Wildman–Crippen LogP) is 3.93. The van der Waals surface area contributed by atoms with Crippen LogP contribution in [0.2, 0.25) is 0 Å². The number of carboxylic acid groups (broad SMARTS) is 1. The van der Waals surface area contributed by atoms with Gasteiger partial charge in [-0.1, -0.05) is 48.5 Å². The molecule has 0 aromatic heterocycles. The molecule has 31 heavy (non-hydrogen) atoms. The lowest BCUT2D eigenvalue weighted by Gasteiger charge is -2.51. The number of carbonyl (C=O) groups excluding carboxylic acids is 2. The van der Waals surface area contributed by atoms with Gasteiger partial charge in [0.15, 0.2) is 0 Å². The van der Waals surface area contributed by atoms with Crippen molar-refractivity contribution < 1.29 is 19.5 Å². The standard InChI is InChI=1S/C25H16INO4/c26-13-9-11-14(12-10-13)27-22(28)20-19-15-5-1-3-7-17(15)25(24(30)31,21(20)23(27)29)18-8-4-2-6-16(18)19/h1-12,19-21H,(H,30,31)/t19?,20-,21-,25?/m1/s1. The molecule has 2 atom stereocenters. The van der Waals surface area contributed by atoms with Crippen LogP contribution in [-0.2, 0) is 19.8 Å². The van der Waals surface area contributed by atoms with Gasteiger partial charge in [-0.3, -0.25) is 14.4 Å². The molecule has 1 N–H and O–H groups in total. The maximum atomic E-state index is 13.8. The highest BCUT2D eigenvalue weighted by Crippen LogP contribution is 2.64. The first kappa shape index (κ1) is 18.7. The van der Waals surface area contributed by atoms with Gasteiger partial charge < -0.3 is 5.11 Å². The molecule has 3 aromatic carbocycles. The molecule has 1 fully saturated rings. The van der Waals surface area contributed by atoms with Crippen LogP contribution in [0.15, 0.2) is 72.8 Å². The molecular weight excluding hydrogens is 505 g/mol. The number of aliphatic carboxylic acids is 1. The highest BCUT2D eigenvalue weighted by Gasteiger charge is 2.71. The molecular formula is C25H16INO4. The Morgan fingerprint density at radius 1 is 0.839 bits per heavy atom. The third-order valence-corrected chi connectivity index (χ3v) is 7.76. The fourth-order valence-corrected chi connectivity index (χ4v) is 6.34. The normalized spacial score (nSPS) is 27.6. The predicted molar refractivity (Wildman–Crippen MR) is 122 cm³/mol. The Labute approximate surface area is 191 Å². The number of anilines is 1. The van der Waals surface area contributed by atoms with Crippen molar-refractivity contribution in [1.29, 1.82) is 0 Å². The second-order valence-corrected chi connectivity index (χ2v) is 9.50. The number of amides is 2. The summed E-state index contributed by atoms with van der Waals surface area (Å²) in [6.07, 6.45) is 0. The van der Waals surface area contributed by atoms with Gasteiger partial charge in [-0.15, -0.1) is 0 Å². The first-order valence-corrected chi connectivity index (χ1v) is 11.1. The largest absolute Gasteiger partial charge is 0.480 e. The van der Waals surface area contributed by atoms with Crippen molar-refractivity contribution in [2.75, 3.05) is 4.90 Å². The molecule has 5 nitrogen and oxygen atoms in total. The highest BCUT2D eigenvalue weighted by molar-refractivity contribution is 14.1. The minimum atomic E-state index is -1.59. The fourth-order valence-electron chi connectivity index (χ4n) is 5.98. The summed E-state index contributed by atoms with van der Waals surface area (Å²) < 4.78 is 0.986. The third-order valence-electron chi connectivity index (χ3n) is 7.04. The van der Waals surface area contributed by atoms with Gasteiger partial charge >= 0.3 is 5.97 Å². The molecule has 0 spiro atoms. The van der Waals surface area contributed by atoms with Crippen LogP contribution in [0.3, 0.4) is 0 Å². The quantitative estimate of drug-likeness (QED) is 0.410. The zero-order valence-corrected chi connectivity index (χ0v) is 18.3. The number of rotatable bonds is 2. The SMILES string of the molecule is O=C1[C@@H]2C3c4ccccc4C(C(=O)O)(c4ccccc43)[C@H]2C(=O)N1c1ccc(I)cc1. The second kappa shape index (κ2) is 6.26. The van der Waals surface area contributed by atoms with Gasteiger partial charge in [0.2, 0.25) is 11.8 Å². The molecule has 4 aliphatic rings. The van der Waals surface area contributed by atoms with Crippen LogP contribution >= 0.6 is 22.6 Å². The van der Waals surface area contributed by atoms with E-state index in [4.69, 9.17) is 0 Å². The van der Waals surface area contributed by atoms with Crippen LogP contribution in [0, 0.1) is 15.4 Å². The maximum absolute atomic E-state index is 13.8. The lowest BCUT2D eigenvalue weighted by Crippen LogP contribution is -2.57. The number of hydrogen-bond acceptors (Lipinski definition) is 3. The number of nitrogens with zero attached hydrogens (tertiary/aromatic N) is 1. The van der Waals surface area contributed by atoms with Crippen molar-refractivity contribution in [2.45, 2.75) is 11.3 Å². The van der Waals surface area contributed by atoms with E-state index in [1.807, 2.05) is 36.4 Å². The van der Waals surface area contributed by atoms with Crippen LogP contribution in [-0.4, -0.2) is 22.9 Å². The summed E-state index contributed by atoms with van der Waals surface area (Å²) >= 11 is 2.17. The number of carboxylic acids is 1. The summed E-state index contributed by atoms with van der Waals surface area (Å²) in [6, 6.07) is 21.9. The van der Waals surface area contributed by atoms with Gasteiger partial charge in [-0.2, -0.15) is 0 Å². The average molecular weight is 521 g/mol. The van der Waals surface area contributed by atoms with E-state index in [1.165, 1.54) is 4.90 Å². The molecule has 152 valence electrons. The van der Waals surface area contributed by atoms with E-state index >= 15 is 0 Å².